The first-order valence-corrected chi connectivity index (χ1v) is 11.6. The number of halogens is 3. The summed E-state index contributed by atoms with van der Waals surface area (Å²) in [6.07, 6.45) is 3.69. The van der Waals surface area contributed by atoms with Crippen LogP contribution >= 0.6 is 23.2 Å². The molecule has 2 aliphatic rings. The predicted molar refractivity (Wildman–Crippen MR) is 122 cm³/mol. The zero-order chi connectivity index (χ0) is 22.2. The number of rotatable bonds is 4. The summed E-state index contributed by atoms with van der Waals surface area (Å²) in [5, 5.41) is 4.08. The molecular formula is C25H28Cl2FNO2. The Bertz CT molecular complexity index is 951. The van der Waals surface area contributed by atoms with Crippen molar-refractivity contribution in [2.24, 2.45) is 11.8 Å². The standard InChI is InChI=1S/C25H28Cl2FNO2/c1-15-3-9-19-22(11-15)31-23(17-6-10-20(27)21(28)13-17)14-25(19,2)29-24(30)12-16-4-7-18(26)8-5-16/h4-8,10,13,15,19,22-23H,3,9,11-12,14H2,1-2H3,(H,29,30)/t15-,19-,22-,23-,25-/m0/s1. The molecule has 0 bridgehead atoms. The van der Waals surface area contributed by atoms with Crippen molar-refractivity contribution in [3.8, 4) is 0 Å². The van der Waals surface area contributed by atoms with Crippen LogP contribution in [0.1, 0.15) is 56.8 Å². The molecular weight excluding hydrogens is 436 g/mol. The van der Waals surface area contributed by atoms with Crippen LogP contribution in [0, 0.1) is 17.7 Å². The highest BCUT2D eigenvalue weighted by Crippen LogP contribution is 2.48. The van der Waals surface area contributed by atoms with Gasteiger partial charge in [-0.15, -0.1) is 0 Å². The van der Waals surface area contributed by atoms with Crippen LogP contribution in [0.4, 0.5) is 4.39 Å². The van der Waals surface area contributed by atoms with Gasteiger partial charge in [0.05, 0.1) is 23.7 Å². The molecule has 1 aliphatic carbocycles. The van der Waals surface area contributed by atoms with E-state index in [1.165, 1.54) is 6.07 Å². The van der Waals surface area contributed by atoms with E-state index in [0.29, 0.717) is 23.8 Å². The van der Waals surface area contributed by atoms with Crippen molar-refractivity contribution < 1.29 is 13.9 Å². The van der Waals surface area contributed by atoms with E-state index in [-0.39, 0.29) is 29.1 Å². The molecule has 1 amide bonds. The minimum atomic E-state index is -0.449. The van der Waals surface area contributed by atoms with E-state index < -0.39 is 11.4 Å². The quantitative estimate of drug-likeness (QED) is 0.560. The number of carbonyl (C=O) groups excluding carboxylic acids is 1. The van der Waals surface area contributed by atoms with Crippen LogP contribution in [-0.2, 0) is 16.0 Å². The zero-order valence-electron chi connectivity index (χ0n) is 17.8. The van der Waals surface area contributed by atoms with E-state index in [0.717, 1.165) is 30.4 Å². The Hall–Kier alpha value is -1.62. The van der Waals surface area contributed by atoms with Gasteiger partial charge in [-0.1, -0.05) is 54.7 Å². The molecule has 0 spiro atoms. The van der Waals surface area contributed by atoms with Gasteiger partial charge in [0.25, 0.3) is 0 Å². The van der Waals surface area contributed by atoms with Crippen LogP contribution in [0.2, 0.25) is 10.0 Å². The molecule has 1 heterocycles. The Kier molecular flexibility index (Phi) is 6.62. The summed E-state index contributed by atoms with van der Waals surface area (Å²) in [4.78, 5) is 13.0. The fourth-order valence-corrected chi connectivity index (χ4v) is 5.45. The molecule has 166 valence electrons. The lowest BCUT2D eigenvalue weighted by atomic mass is 9.66. The number of hydrogen-bond donors (Lipinski definition) is 1. The maximum Gasteiger partial charge on any atom is 0.224 e. The van der Waals surface area contributed by atoms with Crippen molar-refractivity contribution in [1.29, 1.82) is 0 Å². The van der Waals surface area contributed by atoms with Crippen molar-refractivity contribution in [2.45, 2.75) is 63.7 Å². The maximum absolute atomic E-state index is 14.1. The molecule has 1 aliphatic heterocycles. The van der Waals surface area contributed by atoms with Crippen LogP contribution in [0.15, 0.2) is 42.5 Å². The molecule has 2 aromatic rings. The summed E-state index contributed by atoms with van der Waals surface area (Å²) in [7, 11) is 0. The molecule has 31 heavy (non-hydrogen) atoms. The smallest absolute Gasteiger partial charge is 0.224 e. The average molecular weight is 464 g/mol. The van der Waals surface area contributed by atoms with Crippen molar-refractivity contribution in [3.63, 3.8) is 0 Å². The number of benzene rings is 2. The first-order chi connectivity index (χ1) is 14.7. The van der Waals surface area contributed by atoms with Crippen molar-refractivity contribution >= 4 is 29.1 Å². The SMILES string of the molecule is C[C@H]1CC[C@H]2[C@H](C1)O[C@H](c1ccc(Cl)c(F)c1)C[C@]2(C)NC(=O)Cc1ccc(Cl)cc1. The van der Waals surface area contributed by atoms with Crippen LogP contribution < -0.4 is 5.32 Å². The van der Waals surface area contributed by atoms with Crippen molar-refractivity contribution in [1.82, 2.24) is 5.32 Å². The van der Waals surface area contributed by atoms with Crippen molar-refractivity contribution in [2.75, 3.05) is 0 Å². The second-order valence-electron chi connectivity index (χ2n) is 9.33. The highest BCUT2D eigenvalue weighted by atomic mass is 35.5. The molecule has 2 fully saturated rings. The average Bonchev–Trinajstić information content (AvgIpc) is 2.71. The summed E-state index contributed by atoms with van der Waals surface area (Å²) >= 11 is 11.8. The monoisotopic (exact) mass is 463 g/mol. The Labute approximate surface area is 193 Å². The van der Waals surface area contributed by atoms with Gasteiger partial charge in [-0.25, -0.2) is 4.39 Å². The van der Waals surface area contributed by atoms with Crippen LogP contribution in [0.3, 0.4) is 0 Å². The summed E-state index contributed by atoms with van der Waals surface area (Å²) in [5.74, 6) is 0.322. The second-order valence-corrected chi connectivity index (χ2v) is 10.2. The minimum absolute atomic E-state index is 0.0230. The zero-order valence-corrected chi connectivity index (χ0v) is 19.3. The van der Waals surface area contributed by atoms with Crippen LogP contribution in [0.5, 0.6) is 0 Å². The van der Waals surface area contributed by atoms with Gasteiger partial charge in [0, 0.05) is 22.9 Å². The molecule has 1 saturated carbocycles. The van der Waals surface area contributed by atoms with E-state index in [9.17, 15) is 9.18 Å². The highest BCUT2D eigenvalue weighted by Gasteiger charge is 2.49. The Morgan fingerprint density at radius 1 is 1.19 bits per heavy atom. The molecule has 0 aromatic heterocycles. The predicted octanol–water partition coefficient (Wildman–Crippen LogP) is 6.52. The van der Waals surface area contributed by atoms with Crippen molar-refractivity contribution in [3.05, 3.63) is 69.5 Å². The second kappa shape index (κ2) is 9.09. The van der Waals surface area contributed by atoms with Gasteiger partial charge in [0.2, 0.25) is 5.91 Å². The molecule has 5 atom stereocenters. The third-order valence-electron chi connectivity index (χ3n) is 6.84. The Balaban J connectivity index is 1.56. The van der Waals surface area contributed by atoms with Gasteiger partial charge in [0.1, 0.15) is 5.82 Å². The van der Waals surface area contributed by atoms with E-state index in [2.05, 4.69) is 19.2 Å². The Morgan fingerprint density at radius 3 is 2.65 bits per heavy atom. The first kappa shape index (κ1) is 22.6. The summed E-state index contributed by atoms with van der Waals surface area (Å²) in [6.45, 7) is 4.35. The lowest BCUT2D eigenvalue weighted by Crippen LogP contribution is -2.60. The van der Waals surface area contributed by atoms with E-state index in [4.69, 9.17) is 27.9 Å². The molecule has 6 heteroatoms. The molecule has 4 rings (SSSR count). The minimum Gasteiger partial charge on any atom is -0.370 e. The molecule has 0 radical (unpaired) electrons. The summed E-state index contributed by atoms with van der Waals surface area (Å²) < 4.78 is 20.6. The van der Waals surface area contributed by atoms with Gasteiger partial charge in [-0.2, -0.15) is 0 Å². The van der Waals surface area contributed by atoms with Gasteiger partial charge in [-0.3, -0.25) is 4.79 Å². The highest BCUT2D eigenvalue weighted by molar-refractivity contribution is 6.30. The fraction of sp³-hybridized carbons (Fsp3) is 0.480. The van der Waals surface area contributed by atoms with Crippen LogP contribution in [0.25, 0.3) is 0 Å². The number of carbonyl (C=O) groups is 1. The number of ether oxygens (including phenoxy) is 1. The molecule has 0 unspecified atom stereocenters. The van der Waals surface area contributed by atoms with Gasteiger partial charge < -0.3 is 10.1 Å². The Morgan fingerprint density at radius 2 is 1.94 bits per heavy atom. The normalized spacial score (nSPS) is 30.5. The van der Waals surface area contributed by atoms with Crippen LogP contribution in [-0.4, -0.2) is 17.6 Å². The topological polar surface area (TPSA) is 38.3 Å². The molecule has 3 nitrogen and oxygen atoms in total. The van der Waals surface area contributed by atoms with E-state index in [1.54, 1.807) is 18.2 Å². The third kappa shape index (κ3) is 5.08. The maximum atomic E-state index is 14.1. The fourth-order valence-electron chi connectivity index (χ4n) is 5.21. The van der Waals surface area contributed by atoms with E-state index in [1.807, 2.05) is 18.2 Å². The largest absolute Gasteiger partial charge is 0.370 e. The summed E-state index contributed by atoms with van der Waals surface area (Å²) in [5.41, 5.74) is 1.24. The van der Waals surface area contributed by atoms with E-state index >= 15 is 0 Å². The van der Waals surface area contributed by atoms with Gasteiger partial charge >= 0.3 is 0 Å². The molecule has 1 N–H and O–H groups in total. The first-order valence-electron chi connectivity index (χ1n) is 10.9. The lowest BCUT2D eigenvalue weighted by molar-refractivity contribution is -0.153. The number of fused-ring (bicyclic) bond motifs is 1. The molecule has 2 aromatic carbocycles. The third-order valence-corrected chi connectivity index (χ3v) is 7.40. The number of amides is 1. The molecule has 1 saturated heterocycles. The number of hydrogen-bond acceptors (Lipinski definition) is 2. The van der Waals surface area contributed by atoms with Gasteiger partial charge in [0.15, 0.2) is 0 Å². The van der Waals surface area contributed by atoms with Gasteiger partial charge in [-0.05, 0) is 61.1 Å². The summed E-state index contributed by atoms with van der Waals surface area (Å²) in [6, 6.07) is 12.2. The number of nitrogens with one attached hydrogen (secondary N) is 1. The lowest BCUT2D eigenvalue weighted by Gasteiger charge is -2.52.